The Morgan fingerprint density at radius 2 is 1.88 bits per heavy atom. The molecule has 2 aliphatic rings. The monoisotopic (exact) mass is 413 g/mol. The first-order valence-corrected chi connectivity index (χ1v) is 13.9. The Bertz CT molecular complexity index is 607. The SMILES string of the molecule is CC(C)[C@@H]1CC[C@@H](C)C[C@H]1OP(=S)(SN1CCOCC1)c1ccccc1. The second-order valence-corrected chi connectivity index (χ2v) is 14.6. The maximum atomic E-state index is 6.92. The normalized spacial score (nSPS) is 30.2. The maximum Gasteiger partial charge on any atom is 0.163 e. The molecule has 1 aliphatic heterocycles. The van der Waals surface area contributed by atoms with Crippen LogP contribution in [0.3, 0.4) is 0 Å². The highest BCUT2D eigenvalue weighted by molar-refractivity contribution is 8.70. The molecule has 0 aromatic heterocycles. The molecule has 1 heterocycles. The third kappa shape index (κ3) is 5.33. The quantitative estimate of drug-likeness (QED) is 0.478. The first-order valence-electron chi connectivity index (χ1n) is 9.84. The van der Waals surface area contributed by atoms with Crippen molar-refractivity contribution in [3.8, 4) is 0 Å². The fourth-order valence-corrected chi connectivity index (χ4v) is 9.98. The lowest BCUT2D eigenvalue weighted by atomic mass is 9.75. The van der Waals surface area contributed by atoms with Crippen molar-refractivity contribution in [1.29, 1.82) is 0 Å². The Balaban J connectivity index is 1.83. The van der Waals surface area contributed by atoms with Crippen LogP contribution in [0.4, 0.5) is 0 Å². The van der Waals surface area contributed by atoms with E-state index in [4.69, 9.17) is 21.1 Å². The van der Waals surface area contributed by atoms with E-state index in [-0.39, 0.29) is 6.10 Å². The van der Waals surface area contributed by atoms with E-state index in [1.54, 1.807) is 11.6 Å². The number of nitrogens with zero attached hydrogens (tertiary/aromatic N) is 1. The molecule has 1 saturated heterocycles. The predicted octanol–water partition coefficient (Wildman–Crippen LogP) is 5.08. The van der Waals surface area contributed by atoms with Crippen LogP contribution in [0.2, 0.25) is 0 Å². The van der Waals surface area contributed by atoms with Gasteiger partial charge >= 0.3 is 0 Å². The zero-order chi connectivity index (χ0) is 18.6. The molecule has 1 aliphatic carbocycles. The summed E-state index contributed by atoms with van der Waals surface area (Å²) in [6.45, 7) is 10.4. The second-order valence-electron chi connectivity index (χ2n) is 7.93. The van der Waals surface area contributed by atoms with Gasteiger partial charge in [0.05, 0.1) is 19.3 Å². The summed E-state index contributed by atoms with van der Waals surface area (Å²) in [6.07, 6.45) is 3.99. The molecule has 146 valence electrons. The number of hydrogen-bond donors (Lipinski definition) is 0. The molecule has 3 rings (SSSR count). The molecule has 26 heavy (non-hydrogen) atoms. The van der Waals surface area contributed by atoms with E-state index in [1.807, 2.05) is 0 Å². The average Bonchev–Trinajstić information content (AvgIpc) is 2.63. The standard InChI is InChI=1S/C20H32NO2PS2/c1-16(2)19-10-9-17(3)15-20(19)23-24(25,18-7-5-4-6-8-18)26-21-11-13-22-14-12-21/h4-8,16-17,19-20H,9-15H2,1-3H3/t17-,19+,20-,24?/m1/s1. The van der Waals surface area contributed by atoms with E-state index in [0.717, 1.165) is 38.6 Å². The Labute approximate surface area is 168 Å². The van der Waals surface area contributed by atoms with Gasteiger partial charge in [-0.05, 0) is 54.0 Å². The van der Waals surface area contributed by atoms with Crippen molar-refractivity contribution in [2.45, 2.75) is 46.1 Å². The van der Waals surface area contributed by atoms with E-state index in [2.05, 4.69) is 55.4 Å². The van der Waals surface area contributed by atoms with Crippen molar-refractivity contribution >= 4 is 34.1 Å². The number of benzene rings is 1. The van der Waals surface area contributed by atoms with E-state index >= 15 is 0 Å². The van der Waals surface area contributed by atoms with Crippen molar-refractivity contribution in [3.63, 3.8) is 0 Å². The lowest BCUT2D eigenvalue weighted by Crippen LogP contribution is -2.35. The van der Waals surface area contributed by atoms with Gasteiger partial charge in [-0.15, -0.1) is 0 Å². The molecule has 3 nitrogen and oxygen atoms in total. The molecule has 0 radical (unpaired) electrons. The van der Waals surface area contributed by atoms with Gasteiger partial charge in [0, 0.05) is 18.4 Å². The van der Waals surface area contributed by atoms with Crippen LogP contribution in [0.5, 0.6) is 0 Å². The Kier molecular flexibility index (Phi) is 7.64. The Hall–Kier alpha value is 0.1000. The van der Waals surface area contributed by atoms with Crippen LogP contribution >= 0.6 is 17.0 Å². The number of ether oxygens (including phenoxy) is 1. The lowest BCUT2D eigenvalue weighted by molar-refractivity contribution is 0.0575. The first kappa shape index (κ1) is 20.8. The largest absolute Gasteiger partial charge is 0.379 e. The van der Waals surface area contributed by atoms with Crippen LogP contribution in [0.25, 0.3) is 0 Å². The van der Waals surface area contributed by atoms with Crippen molar-refractivity contribution in [2.75, 3.05) is 26.3 Å². The minimum absolute atomic E-state index is 0.276. The summed E-state index contributed by atoms with van der Waals surface area (Å²) in [7, 11) is 0. The van der Waals surface area contributed by atoms with E-state index in [1.165, 1.54) is 18.1 Å². The van der Waals surface area contributed by atoms with Gasteiger partial charge in [-0.25, -0.2) is 4.31 Å². The Morgan fingerprint density at radius 3 is 2.54 bits per heavy atom. The summed E-state index contributed by atoms with van der Waals surface area (Å²) >= 11 is 8.06. The van der Waals surface area contributed by atoms with Crippen LogP contribution in [0.1, 0.15) is 40.0 Å². The van der Waals surface area contributed by atoms with Crippen molar-refractivity contribution < 1.29 is 9.26 Å². The molecule has 1 saturated carbocycles. The summed E-state index contributed by atoms with van der Waals surface area (Å²) in [4.78, 5) is 0. The van der Waals surface area contributed by atoms with Crippen LogP contribution in [0, 0.1) is 17.8 Å². The molecule has 4 atom stereocenters. The number of hydrogen-bond acceptors (Lipinski definition) is 5. The fourth-order valence-electron chi connectivity index (χ4n) is 3.93. The molecule has 0 spiro atoms. The predicted molar refractivity (Wildman–Crippen MR) is 117 cm³/mol. The molecule has 0 bridgehead atoms. The van der Waals surface area contributed by atoms with Crippen molar-refractivity contribution in [1.82, 2.24) is 4.31 Å². The van der Waals surface area contributed by atoms with Gasteiger partial charge in [0.25, 0.3) is 0 Å². The van der Waals surface area contributed by atoms with Gasteiger partial charge in [-0.1, -0.05) is 57.5 Å². The molecule has 1 aromatic rings. The molecule has 2 fully saturated rings. The molecule has 1 aromatic carbocycles. The summed E-state index contributed by atoms with van der Waals surface area (Å²) in [5.74, 6) is 1.98. The van der Waals surface area contributed by atoms with E-state index in [0.29, 0.717) is 11.8 Å². The lowest BCUT2D eigenvalue weighted by Gasteiger charge is -2.41. The zero-order valence-electron chi connectivity index (χ0n) is 16.2. The minimum Gasteiger partial charge on any atom is -0.379 e. The summed E-state index contributed by atoms with van der Waals surface area (Å²) < 4.78 is 14.8. The van der Waals surface area contributed by atoms with Crippen LogP contribution in [0.15, 0.2) is 30.3 Å². The number of morpholine rings is 1. The molecule has 6 heteroatoms. The van der Waals surface area contributed by atoms with Gasteiger partial charge in [-0.2, -0.15) is 0 Å². The Morgan fingerprint density at radius 1 is 1.19 bits per heavy atom. The topological polar surface area (TPSA) is 21.7 Å². The van der Waals surface area contributed by atoms with Crippen LogP contribution < -0.4 is 5.30 Å². The molecule has 0 N–H and O–H groups in total. The average molecular weight is 414 g/mol. The number of rotatable bonds is 6. The molecular weight excluding hydrogens is 381 g/mol. The van der Waals surface area contributed by atoms with Gasteiger partial charge < -0.3 is 9.26 Å². The van der Waals surface area contributed by atoms with Gasteiger partial charge in [0.1, 0.15) is 0 Å². The van der Waals surface area contributed by atoms with Gasteiger partial charge in [0.2, 0.25) is 0 Å². The van der Waals surface area contributed by atoms with Crippen LogP contribution in [-0.2, 0) is 21.1 Å². The summed E-state index contributed by atoms with van der Waals surface area (Å²) in [6, 6.07) is 10.5. The van der Waals surface area contributed by atoms with Crippen molar-refractivity contribution in [3.05, 3.63) is 30.3 Å². The summed E-state index contributed by atoms with van der Waals surface area (Å²) in [5.41, 5.74) is -2.19. The highest BCUT2D eigenvalue weighted by Crippen LogP contribution is 2.62. The highest BCUT2D eigenvalue weighted by Gasteiger charge is 2.37. The van der Waals surface area contributed by atoms with Gasteiger partial charge in [0.15, 0.2) is 5.47 Å². The van der Waals surface area contributed by atoms with E-state index in [9.17, 15) is 0 Å². The maximum absolute atomic E-state index is 6.92. The molecule has 1 unspecified atom stereocenters. The third-order valence-electron chi connectivity index (χ3n) is 5.50. The second kappa shape index (κ2) is 9.54. The molecular formula is C20H32NO2PS2. The minimum atomic E-state index is -2.19. The zero-order valence-corrected chi connectivity index (χ0v) is 18.7. The molecule has 0 amide bonds. The third-order valence-corrected chi connectivity index (χ3v) is 11.5. The first-order chi connectivity index (χ1) is 12.5. The van der Waals surface area contributed by atoms with E-state index < -0.39 is 5.47 Å². The summed E-state index contributed by atoms with van der Waals surface area (Å²) in [5, 5.41) is 1.19. The van der Waals surface area contributed by atoms with Crippen LogP contribution in [-0.4, -0.2) is 36.7 Å². The fraction of sp³-hybridized carbons (Fsp3) is 0.700. The van der Waals surface area contributed by atoms with Gasteiger partial charge in [-0.3, -0.25) is 0 Å². The van der Waals surface area contributed by atoms with Crippen molar-refractivity contribution in [2.24, 2.45) is 17.8 Å². The highest BCUT2D eigenvalue weighted by atomic mass is 32.9. The smallest absolute Gasteiger partial charge is 0.163 e.